The monoisotopic (exact) mass is 304 g/mol. The van der Waals surface area contributed by atoms with Crippen molar-refractivity contribution in [3.63, 3.8) is 0 Å². The first-order valence-corrected chi connectivity index (χ1v) is 7.54. The summed E-state index contributed by atoms with van der Waals surface area (Å²) in [6.07, 6.45) is 1.40. The van der Waals surface area contributed by atoms with Gasteiger partial charge in [-0.1, -0.05) is 30.1 Å². The molecule has 2 rings (SSSR count). The molecule has 0 fully saturated rings. The fourth-order valence-electron chi connectivity index (χ4n) is 1.49. The van der Waals surface area contributed by atoms with Crippen LogP contribution in [-0.2, 0) is 12.8 Å². The first kappa shape index (κ1) is 13.1. The minimum absolute atomic E-state index is 0.0302. The third-order valence-electron chi connectivity index (χ3n) is 2.36. The second-order valence-electron chi connectivity index (χ2n) is 3.56. The smallest absolute Gasteiger partial charge is 0.170 e. The summed E-state index contributed by atoms with van der Waals surface area (Å²) in [4.78, 5) is 14.4. The van der Waals surface area contributed by atoms with E-state index in [0.717, 1.165) is 11.3 Å². The van der Waals surface area contributed by atoms with Crippen LogP contribution in [0, 0.1) is 0 Å². The van der Waals surface area contributed by atoms with E-state index in [1.807, 2.05) is 6.07 Å². The zero-order chi connectivity index (χ0) is 12.4. The Hall–Kier alpha value is -0.350. The highest BCUT2D eigenvalue weighted by atomic mass is 35.5. The van der Waals surface area contributed by atoms with Crippen molar-refractivity contribution in [1.29, 1.82) is 0 Å². The van der Waals surface area contributed by atoms with Gasteiger partial charge >= 0.3 is 0 Å². The summed E-state index contributed by atoms with van der Waals surface area (Å²) in [5.74, 6) is 0.0302. The Bertz CT molecular complexity index is 542. The summed E-state index contributed by atoms with van der Waals surface area (Å²) in [5.41, 5.74) is 0.535. The van der Waals surface area contributed by atoms with Gasteiger partial charge in [0.2, 0.25) is 0 Å². The average Bonchev–Trinajstić information content (AvgIpc) is 2.85. The second-order valence-corrected chi connectivity index (χ2v) is 7.10. The van der Waals surface area contributed by atoms with Crippen molar-refractivity contribution in [2.45, 2.75) is 19.8 Å². The molecule has 0 amide bonds. The van der Waals surface area contributed by atoms with Crippen molar-refractivity contribution in [2.24, 2.45) is 0 Å². The number of aryl methyl sites for hydroxylation is 1. The van der Waals surface area contributed by atoms with Gasteiger partial charge in [-0.2, -0.15) is 0 Å². The van der Waals surface area contributed by atoms with Crippen molar-refractivity contribution >= 4 is 51.7 Å². The van der Waals surface area contributed by atoms with Gasteiger partial charge in [0.15, 0.2) is 5.78 Å². The van der Waals surface area contributed by atoms with Crippen LogP contribution in [0.5, 0.6) is 0 Å². The van der Waals surface area contributed by atoms with Crippen LogP contribution in [0.25, 0.3) is 0 Å². The normalized spacial score (nSPS) is 10.8. The molecule has 1 nitrogen and oxygen atoms in total. The molecule has 0 saturated carbocycles. The number of thiophene rings is 2. The molecule has 0 aliphatic heterocycles. The van der Waals surface area contributed by atoms with Gasteiger partial charge in [0, 0.05) is 21.7 Å². The van der Waals surface area contributed by atoms with Gasteiger partial charge in [-0.3, -0.25) is 4.79 Å². The molecule has 0 aromatic carbocycles. The Labute approximate surface area is 118 Å². The number of hydrogen-bond donors (Lipinski definition) is 0. The van der Waals surface area contributed by atoms with Crippen LogP contribution in [-0.4, -0.2) is 5.78 Å². The van der Waals surface area contributed by atoms with Crippen LogP contribution in [0.3, 0.4) is 0 Å². The number of halogens is 2. The fraction of sp³-hybridized carbons (Fsp3) is 0.250. The van der Waals surface area contributed by atoms with Crippen molar-refractivity contribution in [1.82, 2.24) is 0 Å². The molecule has 0 N–H and O–H groups in total. The van der Waals surface area contributed by atoms with E-state index in [2.05, 4.69) is 13.0 Å². The van der Waals surface area contributed by atoms with E-state index >= 15 is 0 Å². The SMILES string of the molecule is CCc1ccc(CC(=O)c2cc(Cl)sc2Cl)s1. The predicted molar refractivity (Wildman–Crippen MR) is 76.1 cm³/mol. The fourth-order valence-corrected chi connectivity index (χ4v) is 3.95. The van der Waals surface area contributed by atoms with Crippen molar-refractivity contribution in [3.8, 4) is 0 Å². The van der Waals surface area contributed by atoms with E-state index in [1.165, 1.54) is 16.2 Å². The maximum atomic E-state index is 12.0. The number of Topliss-reactive ketones (excluding diaryl/α,β-unsaturated/α-hetero) is 1. The van der Waals surface area contributed by atoms with Gasteiger partial charge < -0.3 is 0 Å². The maximum Gasteiger partial charge on any atom is 0.170 e. The van der Waals surface area contributed by atoms with Gasteiger partial charge in [-0.05, 0) is 24.6 Å². The molecule has 0 aliphatic carbocycles. The first-order chi connectivity index (χ1) is 8.10. The molecule has 5 heteroatoms. The second kappa shape index (κ2) is 5.53. The Morgan fingerprint density at radius 3 is 2.47 bits per heavy atom. The average molecular weight is 305 g/mol. The lowest BCUT2D eigenvalue weighted by Gasteiger charge is -1.96. The van der Waals surface area contributed by atoms with Gasteiger partial charge in [0.05, 0.1) is 4.34 Å². The Morgan fingerprint density at radius 1 is 1.24 bits per heavy atom. The molecule has 0 atom stereocenters. The maximum absolute atomic E-state index is 12.0. The third-order valence-corrected chi connectivity index (χ3v) is 5.07. The van der Waals surface area contributed by atoms with Crippen LogP contribution in [0.1, 0.15) is 27.0 Å². The highest BCUT2D eigenvalue weighted by Crippen LogP contribution is 2.32. The van der Waals surface area contributed by atoms with Crippen LogP contribution >= 0.6 is 45.9 Å². The van der Waals surface area contributed by atoms with Gasteiger partial charge in [0.25, 0.3) is 0 Å². The quantitative estimate of drug-likeness (QED) is 0.718. The number of rotatable bonds is 4. The van der Waals surface area contributed by atoms with Gasteiger partial charge in [0.1, 0.15) is 4.34 Å². The number of carbonyl (C=O) groups excluding carboxylic acids is 1. The standard InChI is InChI=1S/C12H10Cl2OS2/c1-2-7-3-4-8(16-7)5-10(15)9-6-11(13)17-12(9)14/h3-4,6H,2,5H2,1H3. The van der Waals surface area contributed by atoms with Crippen LogP contribution in [0.4, 0.5) is 0 Å². The van der Waals surface area contributed by atoms with Gasteiger partial charge in [-0.25, -0.2) is 0 Å². The van der Waals surface area contributed by atoms with Gasteiger partial charge in [-0.15, -0.1) is 22.7 Å². The molecule has 90 valence electrons. The van der Waals surface area contributed by atoms with E-state index in [4.69, 9.17) is 23.2 Å². The largest absolute Gasteiger partial charge is 0.294 e. The van der Waals surface area contributed by atoms with Crippen LogP contribution in [0.2, 0.25) is 8.67 Å². The minimum Gasteiger partial charge on any atom is -0.294 e. The summed E-state index contributed by atoms with van der Waals surface area (Å²) in [7, 11) is 0. The lowest BCUT2D eigenvalue weighted by atomic mass is 10.1. The minimum atomic E-state index is 0.0302. The molecule has 0 spiro atoms. The molecule has 0 aliphatic rings. The van der Waals surface area contributed by atoms with Crippen molar-refractivity contribution < 1.29 is 4.79 Å². The van der Waals surface area contributed by atoms with E-state index < -0.39 is 0 Å². The molecule has 0 bridgehead atoms. The first-order valence-electron chi connectivity index (χ1n) is 5.15. The Morgan fingerprint density at radius 2 is 1.94 bits per heavy atom. The lowest BCUT2D eigenvalue weighted by Crippen LogP contribution is -2.00. The molecular formula is C12H10Cl2OS2. The highest BCUT2D eigenvalue weighted by molar-refractivity contribution is 7.20. The molecule has 2 aromatic rings. The van der Waals surface area contributed by atoms with Crippen molar-refractivity contribution in [3.05, 3.63) is 42.2 Å². The molecule has 0 saturated heterocycles. The van der Waals surface area contributed by atoms with E-state index in [1.54, 1.807) is 17.4 Å². The molecule has 2 heterocycles. The molecule has 2 aromatic heterocycles. The molecule has 0 unspecified atom stereocenters. The Balaban J connectivity index is 2.14. The molecular weight excluding hydrogens is 295 g/mol. The zero-order valence-corrected chi connectivity index (χ0v) is 12.3. The summed E-state index contributed by atoms with van der Waals surface area (Å²) in [6.45, 7) is 2.10. The third kappa shape index (κ3) is 3.10. The summed E-state index contributed by atoms with van der Waals surface area (Å²) < 4.78 is 1.03. The number of hydrogen-bond acceptors (Lipinski definition) is 3. The summed E-state index contributed by atoms with van der Waals surface area (Å²) in [6, 6.07) is 5.71. The lowest BCUT2D eigenvalue weighted by molar-refractivity contribution is 0.0994. The molecule has 0 radical (unpaired) electrons. The van der Waals surface area contributed by atoms with Crippen LogP contribution < -0.4 is 0 Å². The number of ketones is 1. The summed E-state index contributed by atoms with van der Waals surface area (Å²) in [5, 5.41) is 0. The number of carbonyl (C=O) groups is 1. The summed E-state index contributed by atoms with van der Waals surface area (Å²) >= 11 is 14.7. The predicted octanol–water partition coefficient (Wildman–Crippen LogP) is 5.10. The Kier molecular flexibility index (Phi) is 4.26. The zero-order valence-electron chi connectivity index (χ0n) is 9.13. The van der Waals surface area contributed by atoms with E-state index in [9.17, 15) is 4.79 Å². The van der Waals surface area contributed by atoms with Crippen molar-refractivity contribution in [2.75, 3.05) is 0 Å². The van der Waals surface area contributed by atoms with E-state index in [0.29, 0.717) is 20.7 Å². The van der Waals surface area contributed by atoms with Crippen LogP contribution in [0.15, 0.2) is 18.2 Å². The van der Waals surface area contributed by atoms with E-state index in [-0.39, 0.29) is 5.78 Å². The molecule has 17 heavy (non-hydrogen) atoms. The highest BCUT2D eigenvalue weighted by Gasteiger charge is 2.15. The topological polar surface area (TPSA) is 17.1 Å².